The highest BCUT2D eigenvalue weighted by atomic mass is 19.1. The fraction of sp³-hybridized carbons (Fsp3) is 0.238. The number of allylic oxidation sites excluding steroid dienone is 2. The number of halogens is 1. The van der Waals surface area contributed by atoms with Gasteiger partial charge >= 0.3 is 0 Å². The highest BCUT2D eigenvalue weighted by molar-refractivity contribution is 5.71. The van der Waals surface area contributed by atoms with E-state index < -0.39 is 0 Å². The average Bonchev–Trinajstić information content (AvgIpc) is 3.02. The number of benzene rings is 2. The Morgan fingerprint density at radius 2 is 1.73 bits per heavy atom. The van der Waals surface area contributed by atoms with Gasteiger partial charge in [0.15, 0.2) is 0 Å². The normalized spacial score (nSPS) is 13.5. The van der Waals surface area contributed by atoms with E-state index in [-0.39, 0.29) is 5.82 Å². The molecule has 0 spiro atoms. The van der Waals surface area contributed by atoms with Crippen molar-refractivity contribution in [1.82, 2.24) is 0 Å². The third-order valence-electron chi connectivity index (χ3n) is 4.11. The highest BCUT2D eigenvalue weighted by Gasteiger charge is 2.16. The van der Waals surface area contributed by atoms with Crippen molar-refractivity contribution in [2.75, 3.05) is 0 Å². The summed E-state index contributed by atoms with van der Waals surface area (Å²) in [4.78, 5) is 0. The summed E-state index contributed by atoms with van der Waals surface area (Å²) < 4.78 is 14.8. The van der Waals surface area contributed by atoms with Gasteiger partial charge in [-0.25, -0.2) is 4.39 Å². The van der Waals surface area contributed by atoms with Gasteiger partial charge in [-0.3, -0.25) is 0 Å². The van der Waals surface area contributed by atoms with E-state index in [9.17, 15) is 4.39 Å². The van der Waals surface area contributed by atoms with Crippen LogP contribution in [0.3, 0.4) is 0 Å². The molecule has 110 valence electrons. The summed E-state index contributed by atoms with van der Waals surface area (Å²) in [6.07, 6.45) is 5.29. The second-order valence-corrected chi connectivity index (χ2v) is 5.86. The Hall–Kier alpha value is -2.33. The van der Waals surface area contributed by atoms with Gasteiger partial charge < -0.3 is 0 Å². The lowest BCUT2D eigenvalue weighted by atomic mass is 9.96. The molecule has 0 unspecified atom stereocenters. The monoisotopic (exact) mass is 290 g/mol. The molecule has 2 aromatic rings. The van der Waals surface area contributed by atoms with Crippen molar-refractivity contribution in [3.8, 4) is 11.8 Å². The third kappa shape index (κ3) is 2.97. The van der Waals surface area contributed by atoms with Crippen molar-refractivity contribution in [3.63, 3.8) is 0 Å². The predicted octanol–water partition coefficient (Wildman–Crippen LogP) is 5.41. The molecule has 2 aromatic carbocycles. The van der Waals surface area contributed by atoms with Gasteiger partial charge in [-0.05, 0) is 62.4 Å². The van der Waals surface area contributed by atoms with Crippen LogP contribution in [-0.2, 0) is 0 Å². The van der Waals surface area contributed by atoms with Crippen LogP contribution in [0.1, 0.15) is 47.1 Å². The van der Waals surface area contributed by atoms with Crippen LogP contribution in [-0.4, -0.2) is 0 Å². The standard InChI is InChI=1S/C21H19F/c1-15-7-10-17(11-8-15)12-14-19-13-9-16(2)20(21(19)22)18-5-3-4-6-18/h5,7-11,13H,3-4,6H2,1-2H3. The molecular weight excluding hydrogens is 271 g/mol. The van der Waals surface area contributed by atoms with Crippen molar-refractivity contribution >= 4 is 5.57 Å². The fourth-order valence-electron chi connectivity index (χ4n) is 2.84. The van der Waals surface area contributed by atoms with Crippen molar-refractivity contribution in [1.29, 1.82) is 0 Å². The SMILES string of the molecule is Cc1ccc(C#Cc2ccc(C)c(C3=CCCC3)c2F)cc1. The molecule has 22 heavy (non-hydrogen) atoms. The van der Waals surface area contributed by atoms with E-state index in [0.29, 0.717) is 5.56 Å². The Morgan fingerprint density at radius 1 is 0.955 bits per heavy atom. The van der Waals surface area contributed by atoms with E-state index in [1.807, 2.05) is 44.2 Å². The Balaban J connectivity index is 1.99. The van der Waals surface area contributed by atoms with E-state index in [4.69, 9.17) is 0 Å². The first-order valence-corrected chi connectivity index (χ1v) is 7.72. The summed E-state index contributed by atoms with van der Waals surface area (Å²) in [5.74, 6) is 5.87. The number of hydrogen-bond acceptors (Lipinski definition) is 0. The number of hydrogen-bond donors (Lipinski definition) is 0. The first kappa shape index (κ1) is 14.6. The van der Waals surface area contributed by atoms with E-state index in [0.717, 1.165) is 41.5 Å². The quantitative estimate of drug-likeness (QED) is 0.616. The van der Waals surface area contributed by atoms with Gasteiger partial charge in [0.2, 0.25) is 0 Å². The van der Waals surface area contributed by atoms with Gasteiger partial charge in [0.1, 0.15) is 5.82 Å². The molecule has 0 bridgehead atoms. The molecule has 0 fully saturated rings. The first-order chi connectivity index (χ1) is 10.6. The lowest BCUT2D eigenvalue weighted by molar-refractivity contribution is 0.618. The van der Waals surface area contributed by atoms with Gasteiger partial charge in [0.05, 0.1) is 5.56 Å². The molecule has 0 nitrogen and oxygen atoms in total. The Bertz CT molecular complexity index is 783. The van der Waals surface area contributed by atoms with Crippen LogP contribution < -0.4 is 0 Å². The van der Waals surface area contributed by atoms with E-state index in [1.54, 1.807) is 6.07 Å². The molecule has 0 radical (unpaired) electrons. The minimum atomic E-state index is -0.173. The maximum absolute atomic E-state index is 14.8. The van der Waals surface area contributed by atoms with Crippen LogP contribution in [0.4, 0.5) is 4.39 Å². The molecule has 0 aliphatic heterocycles. The minimum absolute atomic E-state index is 0.173. The number of aryl methyl sites for hydroxylation is 2. The van der Waals surface area contributed by atoms with Crippen LogP contribution in [0.2, 0.25) is 0 Å². The molecule has 1 aliphatic carbocycles. The van der Waals surface area contributed by atoms with Crippen LogP contribution in [0, 0.1) is 31.5 Å². The molecule has 3 rings (SSSR count). The second-order valence-electron chi connectivity index (χ2n) is 5.86. The van der Waals surface area contributed by atoms with Crippen LogP contribution in [0.25, 0.3) is 5.57 Å². The smallest absolute Gasteiger partial charge is 0.146 e. The molecule has 0 aromatic heterocycles. The molecule has 0 saturated heterocycles. The average molecular weight is 290 g/mol. The molecule has 1 aliphatic rings. The van der Waals surface area contributed by atoms with E-state index in [1.165, 1.54) is 5.56 Å². The maximum Gasteiger partial charge on any atom is 0.146 e. The molecule has 0 saturated carbocycles. The Labute approximate surface area is 131 Å². The van der Waals surface area contributed by atoms with Crippen molar-refractivity contribution in [2.24, 2.45) is 0 Å². The molecule has 0 amide bonds. The number of rotatable bonds is 1. The summed E-state index contributed by atoms with van der Waals surface area (Å²) in [5.41, 5.74) is 5.47. The predicted molar refractivity (Wildman–Crippen MR) is 90.1 cm³/mol. The zero-order valence-electron chi connectivity index (χ0n) is 13.0. The van der Waals surface area contributed by atoms with Gasteiger partial charge in [0, 0.05) is 11.1 Å². The second kappa shape index (κ2) is 6.20. The van der Waals surface area contributed by atoms with E-state index in [2.05, 4.69) is 17.9 Å². The largest absolute Gasteiger partial charge is 0.205 e. The van der Waals surface area contributed by atoms with Crippen molar-refractivity contribution in [2.45, 2.75) is 33.1 Å². The summed E-state index contributed by atoms with van der Waals surface area (Å²) >= 11 is 0. The fourth-order valence-corrected chi connectivity index (χ4v) is 2.84. The zero-order valence-corrected chi connectivity index (χ0v) is 13.0. The molecule has 1 heteroatoms. The van der Waals surface area contributed by atoms with Crippen LogP contribution in [0.5, 0.6) is 0 Å². The molecular formula is C21H19F. The molecule has 0 heterocycles. The third-order valence-corrected chi connectivity index (χ3v) is 4.11. The first-order valence-electron chi connectivity index (χ1n) is 7.72. The van der Waals surface area contributed by atoms with Gasteiger partial charge in [-0.15, -0.1) is 0 Å². The Morgan fingerprint density at radius 3 is 2.41 bits per heavy atom. The van der Waals surface area contributed by atoms with E-state index >= 15 is 0 Å². The van der Waals surface area contributed by atoms with Crippen LogP contribution in [0.15, 0.2) is 42.5 Å². The summed E-state index contributed by atoms with van der Waals surface area (Å²) in [7, 11) is 0. The van der Waals surface area contributed by atoms with Gasteiger partial charge in [-0.2, -0.15) is 0 Å². The molecule has 0 atom stereocenters. The minimum Gasteiger partial charge on any atom is -0.205 e. The zero-order chi connectivity index (χ0) is 15.5. The lowest BCUT2D eigenvalue weighted by Crippen LogP contribution is -1.96. The molecule has 0 N–H and O–H groups in total. The van der Waals surface area contributed by atoms with Crippen LogP contribution >= 0.6 is 0 Å². The summed E-state index contributed by atoms with van der Waals surface area (Å²) in [5, 5.41) is 0. The van der Waals surface area contributed by atoms with Crippen molar-refractivity contribution < 1.29 is 4.39 Å². The Kier molecular flexibility index (Phi) is 4.11. The van der Waals surface area contributed by atoms with Gasteiger partial charge in [-0.1, -0.05) is 41.7 Å². The van der Waals surface area contributed by atoms with Gasteiger partial charge in [0.25, 0.3) is 0 Å². The summed E-state index contributed by atoms with van der Waals surface area (Å²) in [6.45, 7) is 4.01. The lowest BCUT2D eigenvalue weighted by Gasteiger charge is -2.10. The highest BCUT2D eigenvalue weighted by Crippen LogP contribution is 2.32. The van der Waals surface area contributed by atoms with Crippen molar-refractivity contribution in [3.05, 3.63) is 76.1 Å². The topological polar surface area (TPSA) is 0 Å². The summed E-state index contributed by atoms with van der Waals surface area (Å²) in [6, 6.07) is 11.7. The maximum atomic E-state index is 14.8.